The molecule has 1 aromatic carbocycles. The van der Waals surface area contributed by atoms with Crippen molar-refractivity contribution in [3.63, 3.8) is 0 Å². The first-order chi connectivity index (χ1) is 12.7. The minimum absolute atomic E-state index is 0.0119. The molecule has 1 aromatic heterocycles. The fourth-order valence-corrected chi connectivity index (χ4v) is 5.16. The van der Waals surface area contributed by atoms with Crippen molar-refractivity contribution in [1.82, 2.24) is 4.90 Å². The Balaban J connectivity index is 1.73. The zero-order chi connectivity index (χ0) is 19.6. The van der Waals surface area contributed by atoms with Crippen molar-refractivity contribution in [3.8, 4) is 5.75 Å². The van der Waals surface area contributed by atoms with Crippen LogP contribution < -0.4 is 4.74 Å². The zero-order valence-electron chi connectivity index (χ0n) is 15.9. The van der Waals surface area contributed by atoms with Crippen LogP contribution in [0.5, 0.6) is 5.75 Å². The van der Waals surface area contributed by atoms with E-state index in [9.17, 15) is 13.2 Å². The van der Waals surface area contributed by atoms with Gasteiger partial charge < -0.3 is 14.1 Å². The molecule has 0 saturated carbocycles. The topological polar surface area (TPSA) is 76.8 Å². The van der Waals surface area contributed by atoms with Crippen LogP contribution in [-0.2, 0) is 21.2 Å². The molecule has 7 heteroatoms. The Morgan fingerprint density at radius 3 is 2.44 bits per heavy atom. The second-order valence-corrected chi connectivity index (χ2v) is 9.43. The molecule has 0 aliphatic carbocycles. The molecule has 2 aromatic rings. The lowest BCUT2D eigenvalue weighted by molar-refractivity contribution is -0.136. The second-order valence-electron chi connectivity index (χ2n) is 7.20. The summed E-state index contributed by atoms with van der Waals surface area (Å²) in [5, 5.41) is 0. The molecule has 6 nitrogen and oxygen atoms in total. The van der Waals surface area contributed by atoms with Crippen LogP contribution in [-0.4, -0.2) is 43.4 Å². The van der Waals surface area contributed by atoms with Gasteiger partial charge in [-0.15, -0.1) is 0 Å². The van der Waals surface area contributed by atoms with Gasteiger partial charge >= 0.3 is 0 Å². The van der Waals surface area contributed by atoms with Gasteiger partial charge in [0.1, 0.15) is 17.3 Å². The van der Waals surface area contributed by atoms with Gasteiger partial charge in [0.15, 0.2) is 16.4 Å². The largest absolute Gasteiger partial charge is 0.484 e. The third kappa shape index (κ3) is 5.13. The summed E-state index contributed by atoms with van der Waals surface area (Å²) in [6.45, 7) is 5.87. The van der Waals surface area contributed by atoms with Crippen molar-refractivity contribution < 1.29 is 22.4 Å². The predicted octanol–water partition coefficient (Wildman–Crippen LogP) is 2.80. The molecular weight excluding hydrogens is 366 g/mol. The van der Waals surface area contributed by atoms with Crippen LogP contribution in [0.2, 0.25) is 0 Å². The number of carbonyl (C=O) groups is 1. The number of hydrogen-bond acceptors (Lipinski definition) is 5. The Labute approximate surface area is 160 Å². The molecular formula is C20H25NO5S. The van der Waals surface area contributed by atoms with Crippen LogP contribution in [0.25, 0.3) is 0 Å². The van der Waals surface area contributed by atoms with Crippen LogP contribution in [0.3, 0.4) is 0 Å². The zero-order valence-corrected chi connectivity index (χ0v) is 16.7. The summed E-state index contributed by atoms with van der Waals surface area (Å²) < 4.78 is 35.1. The number of amides is 1. The molecule has 0 N–H and O–H groups in total. The highest BCUT2D eigenvalue weighted by Crippen LogP contribution is 2.22. The average Bonchev–Trinajstić information content (AvgIpc) is 3.14. The van der Waals surface area contributed by atoms with Gasteiger partial charge in [0.25, 0.3) is 5.91 Å². The Morgan fingerprint density at radius 1 is 1.19 bits per heavy atom. The number of aryl methyl sites for hydroxylation is 3. The van der Waals surface area contributed by atoms with Gasteiger partial charge in [-0.2, -0.15) is 0 Å². The quantitative estimate of drug-likeness (QED) is 0.757. The van der Waals surface area contributed by atoms with E-state index in [2.05, 4.69) is 0 Å². The molecule has 146 valence electrons. The number of carbonyl (C=O) groups excluding carboxylic acids is 1. The molecule has 0 bridgehead atoms. The lowest BCUT2D eigenvalue weighted by Gasteiger charge is -2.27. The minimum Gasteiger partial charge on any atom is -0.484 e. The first-order valence-corrected chi connectivity index (χ1v) is 10.8. The number of sulfone groups is 1. The van der Waals surface area contributed by atoms with Crippen molar-refractivity contribution in [2.75, 3.05) is 18.1 Å². The number of hydrogen-bond donors (Lipinski definition) is 0. The van der Waals surface area contributed by atoms with E-state index in [1.54, 1.807) is 4.90 Å². The van der Waals surface area contributed by atoms with E-state index in [4.69, 9.17) is 9.15 Å². The molecule has 27 heavy (non-hydrogen) atoms. The third-order valence-electron chi connectivity index (χ3n) is 4.65. The standard InChI is InChI=1S/C20H25NO5S/c1-14-8-15(2)10-19(9-14)25-12-20(22)21(11-18-5-4-16(3)26-18)17-6-7-27(23,24)13-17/h4-5,8-10,17H,6-7,11-13H2,1-3H3. The average molecular weight is 391 g/mol. The monoisotopic (exact) mass is 391 g/mol. The maximum atomic E-state index is 12.9. The second kappa shape index (κ2) is 7.76. The van der Waals surface area contributed by atoms with E-state index < -0.39 is 9.84 Å². The van der Waals surface area contributed by atoms with Crippen molar-refractivity contribution in [3.05, 3.63) is 53.0 Å². The van der Waals surface area contributed by atoms with E-state index in [1.807, 2.05) is 51.1 Å². The molecule has 1 atom stereocenters. The SMILES string of the molecule is Cc1cc(C)cc(OCC(=O)N(Cc2ccc(C)o2)C2CCS(=O)(=O)C2)c1. The lowest BCUT2D eigenvalue weighted by Crippen LogP contribution is -2.43. The molecule has 1 saturated heterocycles. The van der Waals surface area contributed by atoms with Gasteiger partial charge in [0.2, 0.25) is 0 Å². The highest BCUT2D eigenvalue weighted by Gasteiger charge is 2.35. The van der Waals surface area contributed by atoms with E-state index in [-0.39, 0.29) is 36.6 Å². The molecule has 2 heterocycles. The van der Waals surface area contributed by atoms with Gasteiger partial charge in [-0.3, -0.25) is 4.79 Å². The number of ether oxygens (including phenoxy) is 1. The predicted molar refractivity (Wildman–Crippen MR) is 102 cm³/mol. The van der Waals surface area contributed by atoms with Crippen molar-refractivity contribution >= 4 is 15.7 Å². The smallest absolute Gasteiger partial charge is 0.261 e. The van der Waals surface area contributed by atoms with E-state index in [1.165, 1.54) is 0 Å². The van der Waals surface area contributed by atoms with E-state index in [0.717, 1.165) is 16.9 Å². The summed E-state index contributed by atoms with van der Waals surface area (Å²) in [7, 11) is -3.10. The summed E-state index contributed by atoms with van der Waals surface area (Å²) >= 11 is 0. The summed E-state index contributed by atoms with van der Waals surface area (Å²) in [6, 6.07) is 9.07. The highest BCUT2D eigenvalue weighted by molar-refractivity contribution is 7.91. The minimum atomic E-state index is -3.10. The molecule has 1 unspecified atom stereocenters. The molecule has 1 amide bonds. The van der Waals surface area contributed by atoms with Gasteiger partial charge in [-0.1, -0.05) is 6.07 Å². The maximum Gasteiger partial charge on any atom is 0.261 e. The molecule has 1 aliphatic rings. The van der Waals surface area contributed by atoms with Crippen LogP contribution in [0.15, 0.2) is 34.7 Å². The van der Waals surface area contributed by atoms with Gasteiger partial charge in [0.05, 0.1) is 18.1 Å². The number of furan rings is 1. The fourth-order valence-electron chi connectivity index (χ4n) is 3.42. The molecule has 0 spiro atoms. The van der Waals surface area contributed by atoms with E-state index in [0.29, 0.717) is 17.9 Å². The van der Waals surface area contributed by atoms with E-state index >= 15 is 0 Å². The van der Waals surface area contributed by atoms with Gasteiger partial charge in [0, 0.05) is 6.04 Å². The van der Waals surface area contributed by atoms with Crippen LogP contribution in [0, 0.1) is 20.8 Å². The molecule has 3 rings (SSSR count). The Kier molecular flexibility index (Phi) is 5.60. The summed E-state index contributed by atoms with van der Waals surface area (Å²) in [4.78, 5) is 14.4. The van der Waals surface area contributed by atoms with Crippen LogP contribution >= 0.6 is 0 Å². The summed E-state index contributed by atoms with van der Waals surface area (Å²) in [5.41, 5.74) is 2.12. The third-order valence-corrected chi connectivity index (χ3v) is 6.40. The van der Waals surface area contributed by atoms with Crippen molar-refractivity contribution in [1.29, 1.82) is 0 Å². The number of rotatable bonds is 6. The van der Waals surface area contributed by atoms with Crippen LogP contribution in [0.1, 0.15) is 29.1 Å². The first kappa shape index (κ1) is 19.5. The molecule has 0 radical (unpaired) electrons. The Bertz CT molecular complexity index is 911. The first-order valence-electron chi connectivity index (χ1n) is 8.98. The summed E-state index contributed by atoms with van der Waals surface area (Å²) in [6.07, 6.45) is 0.442. The highest BCUT2D eigenvalue weighted by atomic mass is 32.2. The van der Waals surface area contributed by atoms with Gasteiger partial charge in [-0.05, 0) is 62.6 Å². The van der Waals surface area contributed by atoms with Crippen LogP contribution in [0.4, 0.5) is 0 Å². The van der Waals surface area contributed by atoms with Crippen molar-refractivity contribution in [2.24, 2.45) is 0 Å². The Morgan fingerprint density at radius 2 is 1.89 bits per heavy atom. The molecule has 1 fully saturated rings. The van der Waals surface area contributed by atoms with Crippen molar-refractivity contribution in [2.45, 2.75) is 39.8 Å². The fraction of sp³-hybridized carbons (Fsp3) is 0.450. The molecule has 1 aliphatic heterocycles. The number of benzene rings is 1. The number of nitrogens with zero attached hydrogens (tertiary/aromatic N) is 1. The lowest BCUT2D eigenvalue weighted by atomic mass is 10.1. The Hall–Kier alpha value is -2.28. The summed E-state index contributed by atoms with van der Waals surface area (Å²) in [5.74, 6) is 1.87. The maximum absolute atomic E-state index is 12.9. The normalized spacial score (nSPS) is 18.4. The van der Waals surface area contributed by atoms with Gasteiger partial charge in [-0.25, -0.2) is 8.42 Å².